The quantitative estimate of drug-likeness (QED) is 0.683. The Bertz CT molecular complexity index is 377. The van der Waals surface area contributed by atoms with Gasteiger partial charge in [-0.3, -0.25) is 4.79 Å². The van der Waals surface area contributed by atoms with E-state index in [1.165, 1.54) is 0 Å². The number of anilines is 2. The summed E-state index contributed by atoms with van der Waals surface area (Å²) in [4.78, 5) is 19.2. The number of nitrogens with two attached hydrogens (primary N) is 1. The van der Waals surface area contributed by atoms with E-state index in [0.717, 1.165) is 5.56 Å². The molecular formula is C10H17N5O. The zero-order valence-electron chi connectivity index (χ0n) is 9.74. The molecule has 1 heterocycles. The number of amides is 1. The van der Waals surface area contributed by atoms with E-state index in [1.54, 1.807) is 6.20 Å². The molecule has 88 valence electrons. The van der Waals surface area contributed by atoms with Crippen LogP contribution in [0.4, 0.5) is 11.8 Å². The number of aryl methyl sites for hydroxylation is 1. The zero-order chi connectivity index (χ0) is 12.1. The van der Waals surface area contributed by atoms with Crippen molar-refractivity contribution in [3.63, 3.8) is 0 Å². The topological polar surface area (TPSA) is 92.9 Å². The molecule has 0 fully saturated rings. The lowest BCUT2D eigenvalue weighted by molar-refractivity contribution is -0.119. The summed E-state index contributed by atoms with van der Waals surface area (Å²) in [5.41, 5.74) is 6.31. The van der Waals surface area contributed by atoms with Crippen molar-refractivity contribution in [3.05, 3.63) is 11.8 Å². The van der Waals surface area contributed by atoms with Crippen LogP contribution in [0, 0.1) is 6.92 Å². The molecular weight excluding hydrogens is 206 g/mol. The van der Waals surface area contributed by atoms with E-state index in [2.05, 4.69) is 20.6 Å². The van der Waals surface area contributed by atoms with Gasteiger partial charge < -0.3 is 16.4 Å². The highest BCUT2D eigenvalue weighted by Crippen LogP contribution is 2.09. The second kappa shape index (κ2) is 5.29. The largest absolute Gasteiger partial charge is 0.368 e. The van der Waals surface area contributed by atoms with Crippen molar-refractivity contribution in [1.82, 2.24) is 15.3 Å². The summed E-state index contributed by atoms with van der Waals surface area (Å²) in [7, 11) is 0. The van der Waals surface area contributed by atoms with E-state index in [0.29, 0.717) is 5.82 Å². The van der Waals surface area contributed by atoms with Gasteiger partial charge in [0.05, 0.1) is 6.54 Å². The van der Waals surface area contributed by atoms with E-state index in [4.69, 9.17) is 5.73 Å². The fraction of sp³-hybridized carbons (Fsp3) is 0.500. The van der Waals surface area contributed by atoms with Crippen LogP contribution in [0.25, 0.3) is 0 Å². The molecule has 0 spiro atoms. The van der Waals surface area contributed by atoms with Crippen molar-refractivity contribution in [2.75, 3.05) is 17.6 Å². The maximum atomic E-state index is 11.4. The Labute approximate surface area is 94.7 Å². The molecule has 0 radical (unpaired) electrons. The Hall–Kier alpha value is -1.85. The molecule has 4 N–H and O–H groups in total. The maximum Gasteiger partial charge on any atom is 0.239 e. The van der Waals surface area contributed by atoms with Gasteiger partial charge in [0.15, 0.2) is 0 Å². The number of nitrogen functional groups attached to an aromatic ring is 1. The van der Waals surface area contributed by atoms with Crippen LogP contribution in [0.1, 0.15) is 19.4 Å². The number of nitrogens with zero attached hydrogens (tertiary/aromatic N) is 2. The Kier molecular flexibility index (Phi) is 4.04. The normalized spacial score (nSPS) is 10.2. The van der Waals surface area contributed by atoms with E-state index >= 15 is 0 Å². The summed E-state index contributed by atoms with van der Waals surface area (Å²) in [6.45, 7) is 5.84. The Morgan fingerprint density at radius 3 is 2.88 bits per heavy atom. The monoisotopic (exact) mass is 223 g/mol. The Morgan fingerprint density at radius 1 is 1.56 bits per heavy atom. The minimum Gasteiger partial charge on any atom is -0.368 e. The number of hydrogen-bond donors (Lipinski definition) is 3. The number of carbonyl (C=O) groups excluding carboxylic acids is 1. The molecule has 0 unspecified atom stereocenters. The van der Waals surface area contributed by atoms with Gasteiger partial charge in [-0.2, -0.15) is 4.98 Å². The molecule has 0 aliphatic heterocycles. The number of nitrogens with one attached hydrogen (secondary N) is 2. The van der Waals surface area contributed by atoms with Crippen LogP contribution in [0.5, 0.6) is 0 Å². The molecule has 0 bridgehead atoms. The second-order valence-electron chi connectivity index (χ2n) is 3.84. The lowest BCUT2D eigenvalue weighted by atomic mass is 10.3. The third-order valence-corrected chi connectivity index (χ3v) is 1.86. The molecule has 6 heteroatoms. The van der Waals surface area contributed by atoms with Gasteiger partial charge in [0, 0.05) is 17.8 Å². The maximum absolute atomic E-state index is 11.4. The number of carbonyl (C=O) groups is 1. The molecule has 6 nitrogen and oxygen atoms in total. The van der Waals surface area contributed by atoms with Crippen molar-refractivity contribution in [1.29, 1.82) is 0 Å². The fourth-order valence-corrected chi connectivity index (χ4v) is 1.17. The molecule has 1 aromatic rings. The molecule has 1 aromatic heterocycles. The predicted octanol–water partition coefficient (Wildman–Crippen LogP) is 0.304. The van der Waals surface area contributed by atoms with Crippen LogP contribution in [0.2, 0.25) is 0 Å². The van der Waals surface area contributed by atoms with E-state index in [9.17, 15) is 4.79 Å². The zero-order valence-corrected chi connectivity index (χ0v) is 9.74. The number of aromatic nitrogens is 2. The molecule has 0 saturated heterocycles. The first-order valence-corrected chi connectivity index (χ1v) is 5.11. The lowest BCUT2D eigenvalue weighted by Crippen LogP contribution is -2.35. The molecule has 0 aliphatic rings. The predicted molar refractivity (Wildman–Crippen MR) is 62.9 cm³/mol. The van der Waals surface area contributed by atoms with E-state index in [-0.39, 0.29) is 24.4 Å². The van der Waals surface area contributed by atoms with Crippen LogP contribution in [0.3, 0.4) is 0 Å². The highest BCUT2D eigenvalue weighted by molar-refractivity contribution is 5.80. The standard InChI is InChI=1S/C10H17N5O/c1-6(2)14-8(16)5-12-9-7(3)4-13-10(11)15-9/h4,6H,5H2,1-3H3,(H,14,16)(H3,11,12,13,15). The molecule has 0 aromatic carbocycles. The van der Waals surface area contributed by atoms with Crippen LogP contribution >= 0.6 is 0 Å². The second-order valence-corrected chi connectivity index (χ2v) is 3.84. The van der Waals surface area contributed by atoms with Gasteiger partial charge in [0.2, 0.25) is 11.9 Å². The summed E-state index contributed by atoms with van der Waals surface area (Å²) in [5, 5.41) is 5.69. The van der Waals surface area contributed by atoms with Gasteiger partial charge >= 0.3 is 0 Å². The van der Waals surface area contributed by atoms with Gasteiger partial charge in [-0.05, 0) is 20.8 Å². The first-order chi connectivity index (χ1) is 7.49. The third kappa shape index (κ3) is 3.72. The molecule has 16 heavy (non-hydrogen) atoms. The van der Waals surface area contributed by atoms with Gasteiger partial charge in [0.25, 0.3) is 0 Å². The van der Waals surface area contributed by atoms with Crippen molar-refractivity contribution in [3.8, 4) is 0 Å². The molecule has 0 aliphatic carbocycles. The third-order valence-electron chi connectivity index (χ3n) is 1.86. The first kappa shape index (κ1) is 12.2. The fourth-order valence-electron chi connectivity index (χ4n) is 1.17. The van der Waals surface area contributed by atoms with Crippen molar-refractivity contribution < 1.29 is 4.79 Å². The first-order valence-electron chi connectivity index (χ1n) is 5.11. The van der Waals surface area contributed by atoms with E-state index in [1.807, 2.05) is 20.8 Å². The van der Waals surface area contributed by atoms with Crippen molar-refractivity contribution in [2.45, 2.75) is 26.8 Å². The van der Waals surface area contributed by atoms with Crippen LogP contribution in [-0.4, -0.2) is 28.5 Å². The number of rotatable bonds is 4. The highest BCUT2D eigenvalue weighted by Gasteiger charge is 2.05. The van der Waals surface area contributed by atoms with Crippen molar-refractivity contribution in [2.24, 2.45) is 0 Å². The van der Waals surface area contributed by atoms with E-state index < -0.39 is 0 Å². The highest BCUT2D eigenvalue weighted by atomic mass is 16.1. The number of hydrogen-bond acceptors (Lipinski definition) is 5. The summed E-state index contributed by atoms with van der Waals surface area (Å²) in [6.07, 6.45) is 1.62. The summed E-state index contributed by atoms with van der Waals surface area (Å²) >= 11 is 0. The average Bonchev–Trinajstić information content (AvgIpc) is 2.18. The average molecular weight is 223 g/mol. The summed E-state index contributed by atoms with van der Waals surface area (Å²) in [5.74, 6) is 0.704. The summed E-state index contributed by atoms with van der Waals surface area (Å²) in [6, 6.07) is 0.130. The van der Waals surface area contributed by atoms with Crippen LogP contribution < -0.4 is 16.4 Å². The Morgan fingerprint density at radius 2 is 2.25 bits per heavy atom. The smallest absolute Gasteiger partial charge is 0.239 e. The van der Waals surface area contributed by atoms with Crippen LogP contribution in [0.15, 0.2) is 6.20 Å². The Balaban J connectivity index is 2.54. The molecule has 0 atom stereocenters. The molecule has 1 amide bonds. The summed E-state index contributed by atoms with van der Waals surface area (Å²) < 4.78 is 0. The minimum absolute atomic E-state index is 0.0772. The lowest BCUT2D eigenvalue weighted by Gasteiger charge is -2.10. The van der Waals surface area contributed by atoms with Crippen molar-refractivity contribution >= 4 is 17.7 Å². The van der Waals surface area contributed by atoms with Gasteiger partial charge in [-0.15, -0.1) is 0 Å². The van der Waals surface area contributed by atoms with Crippen LogP contribution in [-0.2, 0) is 4.79 Å². The molecule has 1 rings (SSSR count). The van der Waals surface area contributed by atoms with Gasteiger partial charge in [-0.1, -0.05) is 0 Å². The van der Waals surface area contributed by atoms with Gasteiger partial charge in [-0.25, -0.2) is 4.98 Å². The SMILES string of the molecule is Cc1cnc(N)nc1NCC(=O)NC(C)C. The minimum atomic E-state index is -0.0772. The molecule has 0 saturated carbocycles. The van der Waals surface area contributed by atoms with Gasteiger partial charge in [0.1, 0.15) is 5.82 Å².